The van der Waals surface area contributed by atoms with Crippen LogP contribution in [0.15, 0.2) is 36.4 Å². The number of hydrogen-bond acceptors (Lipinski definition) is 2. The summed E-state index contributed by atoms with van der Waals surface area (Å²) in [5.74, 6) is 0.921. The summed E-state index contributed by atoms with van der Waals surface area (Å²) in [6, 6.07) is 13.3. The molecule has 2 heteroatoms. The molecule has 1 aromatic heterocycles. The summed E-state index contributed by atoms with van der Waals surface area (Å²) in [4.78, 5) is 2.72. The van der Waals surface area contributed by atoms with Crippen molar-refractivity contribution in [2.24, 2.45) is 5.73 Å². The van der Waals surface area contributed by atoms with Gasteiger partial charge in [-0.05, 0) is 36.1 Å². The molecule has 1 unspecified atom stereocenters. The molecule has 0 radical (unpaired) electrons. The van der Waals surface area contributed by atoms with E-state index >= 15 is 0 Å². The lowest BCUT2D eigenvalue weighted by Gasteiger charge is -2.15. The van der Waals surface area contributed by atoms with E-state index in [0.717, 1.165) is 0 Å². The lowest BCUT2D eigenvalue weighted by Crippen LogP contribution is -2.12. The number of benzene rings is 1. The molecular weight excluding hydrogens is 238 g/mol. The highest BCUT2D eigenvalue weighted by atomic mass is 32.1. The lowest BCUT2D eigenvalue weighted by atomic mass is 9.94. The van der Waals surface area contributed by atoms with Gasteiger partial charge in [-0.2, -0.15) is 0 Å². The van der Waals surface area contributed by atoms with E-state index in [1.807, 2.05) is 11.3 Å². The summed E-state index contributed by atoms with van der Waals surface area (Å²) in [5, 5.41) is 0. The van der Waals surface area contributed by atoms with Gasteiger partial charge in [0.15, 0.2) is 0 Å². The summed E-state index contributed by atoms with van der Waals surface area (Å²) in [5.41, 5.74) is 8.66. The lowest BCUT2D eigenvalue weighted by molar-refractivity contribution is 0.827. The van der Waals surface area contributed by atoms with Crippen LogP contribution in [0.25, 0.3) is 0 Å². The molecule has 0 amide bonds. The Morgan fingerprint density at radius 2 is 1.61 bits per heavy atom. The second-order valence-electron chi connectivity index (χ2n) is 5.06. The van der Waals surface area contributed by atoms with Crippen molar-refractivity contribution in [3.63, 3.8) is 0 Å². The minimum absolute atomic E-state index is 0.338. The van der Waals surface area contributed by atoms with Gasteiger partial charge in [-0.25, -0.2) is 0 Å². The van der Waals surface area contributed by atoms with Crippen LogP contribution in [0.3, 0.4) is 0 Å². The van der Waals surface area contributed by atoms with Crippen LogP contribution in [-0.2, 0) is 0 Å². The van der Waals surface area contributed by atoms with Gasteiger partial charge in [0, 0.05) is 22.2 Å². The Labute approximate surface area is 114 Å². The van der Waals surface area contributed by atoms with Crippen molar-refractivity contribution in [1.82, 2.24) is 0 Å². The molecule has 1 heterocycles. The molecule has 96 valence electrons. The monoisotopic (exact) mass is 259 g/mol. The Morgan fingerprint density at radius 3 is 2.06 bits per heavy atom. The number of aryl methyl sites for hydroxylation is 1. The minimum atomic E-state index is 0.338. The Morgan fingerprint density at radius 1 is 1.00 bits per heavy atom. The van der Waals surface area contributed by atoms with Crippen LogP contribution in [0, 0.1) is 6.92 Å². The molecule has 1 aromatic carbocycles. The molecule has 0 aliphatic rings. The fourth-order valence-corrected chi connectivity index (χ4v) is 3.19. The molecule has 0 aliphatic carbocycles. The Bertz CT molecular complexity index is 496. The van der Waals surface area contributed by atoms with E-state index < -0.39 is 0 Å². The number of hydrogen-bond donors (Lipinski definition) is 1. The van der Waals surface area contributed by atoms with Crippen LogP contribution >= 0.6 is 11.3 Å². The molecule has 0 bridgehead atoms. The standard InChI is InChI=1S/C16H21NS/c1-11(2)13-5-7-14(8-6-13)15(10-17)16-9-4-12(3)18-16/h4-9,11,15H,10,17H2,1-3H3. The first-order chi connectivity index (χ1) is 8.61. The Hall–Kier alpha value is -1.12. The first-order valence-electron chi connectivity index (χ1n) is 6.48. The molecule has 2 aromatic rings. The third-order valence-electron chi connectivity index (χ3n) is 3.35. The van der Waals surface area contributed by atoms with Crippen molar-refractivity contribution < 1.29 is 0 Å². The van der Waals surface area contributed by atoms with Crippen LogP contribution in [0.1, 0.15) is 46.6 Å². The van der Waals surface area contributed by atoms with Gasteiger partial charge in [-0.3, -0.25) is 0 Å². The highest BCUT2D eigenvalue weighted by Crippen LogP contribution is 2.30. The topological polar surface area (TPSA) is 26.0 Å². The van der Waals surface area contributed by atoms with E-state index in [4.69, 9.17) is 5.73 Å². The molecule has 1 atom stereocenters. The van der Waals surface area contributed by atoms with Gasteiger partial charge < -0.3 is 5.73 Å². The minimum Gasteiger partial charge on any atom is -0.329 e. The van der Waals surface area contributed by atoms with Gasteiger partial charge in [-0.15, -0.1) is 11.3 Å². The second kappa shape index (κ2) is 5.68. The molecule has 0 spiro atoms. The maximum absolute atomic E-state index is 5.95. The fourth-order valence-electron chi connectivity index (χ4n) is 2.17. The smallest absolute Gasteiger partial charge is 0.0306 e. The predicted molar refractivity (Wildman–Crippen MR) is 80.5 cm³/mol. The first-order valence-corrected chi connectivity index (χ1v) is 7.29. The van der Waals surface area contributed by atoms with Crippen molar-refractivity contribution in [3.05, 3.63) is 57.3 Å². The van der Waals surface area contributed by atoms with E-state index in [0.29, 0.717) is 18.4 Å². The van der Waals surface area contributed by atoms with Crippen LogP contribution < -0.4 is 5.73 Å². The summed E-state index contributed by atoms with van der Waals surface area (Å²) in [7, 11) is 0. The summed E-state index contributed by atoms with van der Waals surface area (Å²) in [6.07, 6.45) is 0. The predicted octanol–water partition coefficient (Wildman–Crippen LogP) is 4.27. The third-order valence-corrected chi connectivity index (χ3v) is 4.46. The maximum Gasteiger partial charge on any atom is 0.0306 e. The first kappa shape index (κ1) is 13.3. The van der Waals surface area contributed by atoms with Gasteiger partial charge >= 0.3 is 0 Å². The van der Waals surface area contributed by atoms with Gasteiger partial charge in [0.1, 0.15) is 0 Å². The van der Waals surface area contributed by atoms with Gasteiger partial charge in [0.05, 0.1) is 0 Å². The van der Waals surface area contributed by atoms with Gasteiger partial charge in [0.25, 0.3) is 0 Å². The highest BCUT2D eigenvalue weighted by molar-refractivity contribution is 7.12. The zero-order valence-electron chi connectivity index (χ0n) is 11.3. The summed E-state index contributed by atoms with van der Waals surface area (Å²) < 4.78 is 0. The van der Waals surface area contributed by atoms with Crippen molar-refractivity contribution >= 4 is 11.3 Å². The van der Waals surface area contributed by atoms with E-state index in [2.05, 4.69) is 57.2 Å². The number of thiophene rings is 1. The average Bonchev–Trinajstić information content (AvgIpc) is 2.77. The van der Waals surface area contributed by atoms with Crippen molar-refractivity contribution in [2.75, 3.05) is 6.54 Å². The maximum atomic E-state index is 5.95. The van der Waals surface area contributed by atoms with Crippen LogP contribution in [0.4, 0.5) is 0 Å². The van der Waals surface area contributed by atoms with Gasteiger partial charge in [0.2, 0.25) is 0 Å². The Kier molecular flexibility index (Phi) is 4.20. The quantitative estimate of drug-likeness (QED) is 0.871. The van der Waals surface area contributed by atoms with E-state index in [1.54, 1.807) is 0 Å². The van der Waals surface area contributed by atoms with Crippen LogP contribution in [-0.4, -0.2) is 6.54 Å². The number of rotatable bonds is 4. The van der Waals surface area contributed by atoms with Crippen molar-refractivity contribution in [1.29, 1.82) is 0 Å². The van der Waals surface area contributed by atoms with Crippen LogP contribution in [0.5, 0.6) is 0 Å². The zero-order chi connectivity index (χ0) is 13.1. The van der Waals surface area contributed by atoms with Crippen molar-refractivity contribution in [3.8, 4) is 0 Å². The van der Waals surface area contributed by atoms with Crippen molar-refractivity contribution in [2.45, 2.75) is 32.6 Å². The second-order valence-corrected chi connectivity index (χ2v) is 6.38. The van der Waals surface area contributed by atoms with Gasteiger partial charge in [-0.1, -0.05) is 38.1 Å². The molecule has 1 nitrogen and oxygen atoms in total. The molecule has 0 aliphatic heterocycles. The van der Waals surface area contributed by atoms with E-state index in [-0.39, 0.29) is 0 Å². The average molecular weight is 259 g/mol. The molecule has 0 saturated carbocycles. The van der Waals surface area contributed by atoms with E-state index in [9.17, 15) is 0 Å². The number of nitrogens with two attached hydrogens (primary N) is 1. The summed E-state index contributed by atoms with van der Waals surface area (Å²) >= 11 is 1.85. The molecule has 2 N–H and O–H groups in total. The molecule has 2 rings (SSSR count). The van der Waals surface area contributed by atoms with E-state index in [1.165, 1.54) is 20.9 Å². The SMILES string of the molecule is Cc1ccc(C(CN)c2ccc(C(C)C)cc2)s1. The zero-order valence-corrected chi connectivity index (χ0v) is 12.1. The normalized spacial score (nSPS) is 12.9. The largest absolute Gasteiger partial charge is 0.329 e. The summed E-state index contributed by atoms with van der Waals surface area (Å²) in [6.45, 7) is 7.25. The van der Waals surface area contributed by atoms with Crippen LogP contribution in [0.2, 0.25) is 0 Å². The highest BCUT2D eigenvalue weighted by Gasteiger charge is 2.14. The molecule has 18 heavy (non-hydrogen) atoms. The third kappa shape index (κ3) is 2.82. The Balaban J connectivity index is 2.28. The molecule has 0 fully saturated rings. The fraction of sp³-hybridized carbons (Fsp3) is 0.375. The molecule has 0 saturated heterocycles. The molecular formula is C16H21NS.